The number of aryl methyl sites for hydroxylation is 1. The maximum atomic E-state index is 11.8. The van der Waals surface area contributed by atoms with Crippen molar-refractivity contribution in [1.29, 1.82) is 0 Å². The molecule has 0 amide bonds. The molecule has 1 heterocycles. The van der Waals surface area contributed by atoms with Crippen molar-refractivity contribution in [3.05, 3.63) is 27.0 Å². The fourth-order valence-electron chi connectivity index (χ4n) is 1.65. The number of hydrogen-bond donors (Lipinski definition) is 1. The second-order valence-corrected chi connectivity index (χ2v) is 4.16. The first-order valence-corrected chi connectivity index (χ1v) is 6.16. The smallest absolute Gasteiger partial charge is 0.330 e. The van der Waals surface area contributed by atoms with Crippen LogP contribution in [0.5, 0.6) is 0 Å². The van der Waals surface area contributed by atoms with Gasteiger partial charge >= 0.3 is 5.69 Å². The molecule has 0 aliphatic carbocycles. The topological polar surface area (TPSA) is 56.0 Å². The van der Waals surface area contributed by atoms with E-state index in [1.807, 2.05) is 6.92 Å². The van der Waals surface area contributed by atoms with E-state index in [1.54, 1.807) is 10.8 Å². The molecule has 0 aromatic carbocycles. The molecule has 0 saturated carbocycles. The molecule has 5 nitrogen and oxygen atoms in total. The van der Waals surface area contributed by atoms with Crippen molar-refractivity contribution in [1.82, 2.24) is 9.13 Å². The van der Waals surface area contributed by atoms with Gasteiger partial charge in [-0.25, -0.2) is 4.79 Å². The lowest BCUT2D eigenvalue weighted by molar-refractivity contribution is 0.591. The van der Waals surface area contributed by atoms with Crippen molar-refractivity contribution in [3.63, 3.8) is 0 Å². The first kappa shape index (κ1) is 13.5. The summed E-state index contributed by atoms with van der Waals surface area (Å²) in [5.74, 6) is 0. The lowest BCUT2D eigenvalue weighted by Gasteiger charge is -2.11. The van der Waals surface area contributed by atoms with Crippen LogP contribution in [0.4, 0.5) is 5.69 Å². The normalized spacial score (nSPS) is 10.5. The van der Waals surface area contributed by atoms with E-state index in [1.165, 1.54) is 7.05 Å². The molecule has 0 fully saturated rings. The average molecular weight is 239 g/mol. The molecule has 0 radical (unpaired) electrons. The maximum Gasteiger partial charge on any atom is 0.330 e. The number of aromatic nitrogens is 2. The molecular weight excluding hydrogens is 218 g/mol. The Balaban J connectivity index is 3.04. The van der Waals surface area contributed by atoms with Gasteiger partial charge in [0.2, 0.25) is 0 Å². The number of anilines is 1. The summed E-state index contributed by atoms with van der Waals surface area (Å²) >= 11 is 0. The Hall–Kier alpha value is -1.52. The van der Waals surface area contributed by atoms with Gasteiger partial charge in [0.1, 0.15) is 5.69 Å². The summed E-state index contributed by atoms with van der Waals surface area (Å²) in [5.41, 5.74) is 0.00495. The third-order valence-corrected chi connectivity index (χ3v) is 2.66. The molecule has 1 aromatic heterocycles. The van der Waals surface area contributed by atoms with Crippen LogP contribution in [0.25, 0.3) is 0 Å². The van der Waals surface area contributed by atoms with Crippen LogP contribution >= 0.6 is 0 Å². The van der Waals surface area contributed by atoms with Crippen LogP contribution in [0.15, 0.2) is 15.8 Å². The zero-order valence-electron chi connectivity index (χ0n) is 10.8. The minimum absolute atomic E-state index is 0.251. The van der Waals surface area contributed by atoms with Crippen molar-refractivity contribution < 1.29 is 0 Å². The van der Waals surface area contributed by atoms with Crippen LogP contribution in [-0.2, 0) is 13.6 Å². The molecule has 0 aliphatic rings. The molecule has 0 aliphatic heterocycles. The van der Waals surface area contributed by atoms with Gasteiger partial charge in [0.25, 0.3) is 5.56 Å². The Bertz CT molecular complexity index is 474. The van der Waals surface area contributed by atoms with Gasteiger partial charge in [0.05, 0.1) is 0 Å². The molecule has 1 aromatic rings. The third-order valence-electron chi connectivity index (χ3n) is 2.66. The molecule has 17 heavy (non-hydrogen) atoms. The highest BCUT2D eigenvalue weighted by Crippen LogP contribution is 1.98. The van der Waals surface area contributed by atoms with Crippen LogP contribution in [0.3, 0.4) is 0 Å². The first-order valence-electron chi connectivity index (χ1n) is 6.16. The van der Waals surface area contributed by atoms with E-state index in [9.17, 15) is 9.59 Å². The number of nitrogens with one attached hydrogen (secondary N) is 1. The van der Waals surface area contributed by atoms with Gasteiger partial charge < -0.3 is 5.32 Å². The van der Waals surface area contributed by atoms with Gasteiger partial charge in [-0.3, -0.25) is 13.9 Å². The fraction of sp³-hybridized carbons (Fsp3) is 0.667. The maximum absolute atomic E-state index is 11.8. The molecule has 1 rings (SSSR count). The highest BCUT2D eigenvalue weighted by Gasteiger charge is 2.07. The Morgan fingerprint density at radius 2 is 1.94 bits per heavy atom. The summed E-state index contributed by atoms with van der Waals surface area (Å²) in [7, 11) is 1.52. The van der Waals surface area contributed by atoms with E-state index < -0.39 is 0 Å². The molecular formula is C12H21N3O2. The standard InChI is InChI=1S/C12H21N3O2/c1-4-6-7-13-10-9-15(8-5-2)12(17)14(3)11(10)16/h9,13H,4-8H2,1-3H3. The highest BCUT2D eigenvalue weighted by molar-refractivity contribution is 5.37. The zero-order valence-corrected chi connectivity index (χ0v) is 10.8. The van der Waals surface area contributed by atoms with E-state index in [-0.39, 0.29) is 11.2 Å². The van der Waals surface area contributed by atoms with Crippen molar-refractivity contribution in [2.45, 2.75) is 39.7 Å². The van der Waals surface area contributed by atoms with Gasteiger partial charge in [-0.2, -0.15) is 0 Å². The second kappa shape index (κ2) is 6.27. The van der Waals surface area contributed by atoms with Gasteiger partial charge in [-0.15, -0.1) is 0 Å². The van der Waals surface area contributed by atoms with Crippen molar-refractivity contribution >= 4 is 5.69 Å². The summed E-state index contributed by atoms with van der Waals surface area (Å²) < 4.78 is 2.74. The molecule has 96 valence electrons. The highest BCUT2D eigenvalue weighted by atomic mass is 16.2. The summed E-state index contributed by atoms with van der Waals surface area (Å²) in [4.78, 5) is 23.6. The van der Waals surface area contributed by atoms with Crippen LogP contribution in [-0.4, -0.2) is 15.7 Å². The predicted octanol–water partition coefficient (Wildman–Crippen LogP) is 1.17. The minimum Gasteiger partial charge on any atom is -0.379 e. The van der Waals surface area contributed by atoms with E-state index in [2.05, 4.69) is 12.2 Å². The van der Waals surface area contributed by atoms with Crippen molar-refractivity contribution in [3.8, 4) is 0 Å². The first-order chi connectivity index (χ1) is 8.11. The van der Waals surface area contributed by atoms with Gasteiger partial charge in [0, 0.05) is 26.3 Å². The molecule has 1 N–H and O–H groups in total. The molecule has 5 heteroatoms. The predicted molar refractivity (Wildman–Crippen MR) is 69.6 cm³/mol. The van der Waals surface area contributed by atoms with Gasteiger partial charge in [0.15, 0.2) is 0 Å². The quantitative estimate of drug-likeness (QED) is 0.758. The van der Waals surface area contributed by atoms with Gasteiger partial charge in [-0.1, -0.05) is 20.3 Å². The fourth-order valence-corrected chi connectivity index (χ4v) is 1.65. The lowest BCUT2D eigenvalue weighted by Crippen LogP contribution is -2.38. The van der Waals surface area contributed by atoms with E-state index in [0.29, 0.717) is 12.2 Å². The van der Waals surface area contributed by atoms with E-state index in [4.69, 9.17) is 0 Å². The Morgan fingerprint density at radius 3 is 2.53 bits per heavy atom. The minimum atomic E-state index is -0.252. The Morgan fingerprint density at radius 1 is 1.24 bits per heavy atom. The summed E-state index contributed by atoms with van der Waals surface area (Å²) in [6.45, 7) is 5.49. The molecule has 0 saturated heterocycles. The van der Waals surface area contributed by atoms with E-state index in [0.717, 1.165) is 30.4 Å². The molecule has 0 atom stereocenters. The van der Waals surface area contributed by atoms with Crippen molar-refractivity contribution in [2.24, 2.45) is 7.05 Å². The molecule has 0 unspecified atom stereocenters. The number of hydrogen-bond acceptors (Lipinski definition) is 3. The van der Waals surface area contributed by atoms with Crippen LogP contribution in [0.2, 0.25) is 0 Å². The summed E-state index contributed by atoms with van der Waals surface area (Å²) in [6.07, 6.45) is 4.58. The molecule has 0 spiro atoms. The lowest BCUT2D eigenvalue weighted by atomic mass is 10.3. The average Bonchev–Trinajstić information content (AvgIpc) is 2.32. The SMILES string of the molecule is CCCCNc1cn(CCC)c(=O)n(C)c1=O. The third kappa shape index (κ3) is 3.22. The van der Waals surface area contributed by atoms with Crippen LogP contribution < -0.4 is 16.6 Å². The Labute approximate surface area is 101 Å². The number of nitrogens with zero attached hydrogens (tertiary/aromatic N) is 2. The zero-order chi connectivity index (χ0) is 12.8. The summed E-state index contributed by atoms with van der Waals surface area (Å²) in [5, 5.41) is 3.09. The largest absolute Gasteiger partial charge is 0.379 e. The number of unbranched alkanes of at least 4 members (excludes halogenated alkanes) is 1. The van der Waals surface area contributed by atoms with E-state index >= 15 is 0 Å². The molecule has 0 bridgehead atoms. The monoisotopic (exact) mass is 239 g/mol. The van der Waals surface area contributed by atoms with Crippen LogP contribution in [0, 0.1) is 0 Å². The van der Waals surface area contributed by atoms with Gasteiger partial charge in [-0.05, 0) is 12.8 Å². The van der Waals surface area contributed by atoms with Crippen LogP contribution in [0.1, 0.15) is 33.1 Å². The summed E-state index contributed by atoms with van der Waals surface area (Å²) in [6, 6.07) is 0. The second-order valence-electron chi connectivity index (χ2n) is 4.16. The Kier molecular flexibility index (Phi) is 5.00. The van der Waals surface area contributed by atoms with Crippen molar-refractivity contribution in [2.75, 3.05) is 11.9 Å². The number of rotatable bonds is 6.